The lowest BCUT2D eigenvalue weighted by atomic mass is 9.80. The number of H-pyrrole nitrogens is 1. The van der Waals surface area contributed by atoms with E-state index in [-0.39, 0.29) is 17.9 Å². The van der Waals surface area contributed by atoms with Crippen molar-refractivity contribution in [2.45, 2.75) is 38.6 Å². The van der Waals surface area contributed by atoms with Crippen molar-refractivity contribution in [1.82, 2.24) is 15.6 Å². The van der Waals surface area contributed by atoms with E-state index in [1.165, 1.54) is 0 Å². The van der Waals surface area contributed by atoms with Crippen LogP contribution in [0.1, 0.15) is 32.3 Å². The molecule has 1 saturated heterocycles. The quantitative estimate of drug-likeness (QED) is 0.798. The number of fused-ring (bicyclic) bond motifs is 1. The molecule has 6 nitrogen and oxygen atoms in total. The van der Waals surface area contributed by atoms with E-state index in [0.717, 1.165) is 31.5 Å². The van der Waals surface area contributed by atoms with E-state index in [1.807, 2.05) is 6.07 Å². The molecule has 2 aromatic rings. The van der Waals surface area contributed by atoms with Crippen molar-refractivity contribution in [2.24, 2.45) is 5.92 Å². The molecule has 1 aromatic carbocycles. The van der Waals surface area contributed by atoms with Crippen LogP contribution in [0.5, 0.6) is 0 Å². The summed E-state index contributed by atoms with van der Waals surface area (Å²) in [6.07, 6.45) is 2.45. The fourth-order valence-corrected chi connectivity index (χ4v) is 3.34. The Balaban J connectivity index is 1.66. The topological polar surface area (TPSA) is 87.1 Å². The zero-order valence-electron chi connectivity index (χ0n) is 13.6. The van der Waals surface area contributed by atoms with Crippen LogP contribution in [0.15, 0.2) is 27.4 Å². The molecule has 23 heavy (non-hydrogen) atoms. The molecule has 0 radical (unpaired) electrons. The number of aromatic amines is 1. The molecule has 1 aliphatic heterocycles. The molecule has 0 bridgehead atoms. The van der Waals surface area contributed by atoms with Crippen LogP contribution in [0, 0.1) is 5.92 Å². The Morgan fingerprint density at radius 2 is 2.09 bits per heavy atom. The number of aromatic nitrogens is 1. The van der Waals surface area contributed by atoms with Crippen molar-refractivity contribution in [3.05, 3.63) is 34.3 Å². The van der Waals surface area contributed by atoms with E-state index in [2.05, 4.69) is 29.5 Å². The lowest BCUT2D eigenvalue weighted by molar-refractivity contribution is -0.122. The van der Waals surface area contributed by atoms with Crippen molar-refractivity contribution < 1.29 is 9.21 Å². The maximum absolute atomic E-state index is 12.4. The highest BCUT2D eigenvalue weighted by molar-refractivity contribution is 5.81. The molecule has 0 aliphatic carbocycles. The van der Waals surface area contributed by atoms with Gasteiger partial charge in [-0.05, 0) is 63.4 Å². The summed E-state index contributed by atoms with van der Waals surface area (Å²) >= 11 is 0. The van der Waals surface area contributed by atoms with Gasteiger partial charge in [0.15, 0.2) is 5.58 Å². The number of oxazole rings is 1. The largest absolute Gasteiger partial charge is 0.417 e. The Morgan fingerprint density at radius 3 is 2.83 bits per heavy atom. The van der Waals surface area contributed by atoms with Crippen LogP contribution in [0.2, 0.25) is 0 Å². The van der Waals surface area contributed by atoms with Crippen LogP contribution in [0.3, 0.4) is 0 Å². The number of benzene rings is 1. The smallest absolute Gasteiger partial charge is 0.408 e. The summed E-state index contributed by atoms with van der Waals surface area (Å²) in [6, 6.07) is 5.32. The molecular weight excluding hydrogens is 294 g/mol. The van der Waals surface area contributed by atoms with Gasteiger partial charge in [-0.3, -0.25) is 9.78 Å². The first kappa shape index (κ1) is 15.8. The van der Waals surface area contributed by atoms with E-state index in [9.17, 15) is 9.59 Å². The molecule has 1 amide bonds. The Labute approximate surface area is 134 Å². The average molecular weight is 317 g/mol. The third-order valence-electron chi connectivity index (χ3n) is 4.67. The minimum absolute atomic E-state index is 0.00118. The molecule has 124 valence electrons. The molecule has 1 fully saturated rings. The van der Waals surface area contributed by atoms with Crippen molar-refractivity contribution in [3.63, 3.8) is 0 Å². The number of hydrogen-bond acceptors (Lipinski definition) is 4. The maximum atomic E-state index is 12.4. The van der Waals surface area contributed by atoms with Crippen LogP contribution in [-0.4, -0.2) is 29.5 Å². The molecule has 0 spiro atoms. The molecule has 0 saturated carbocycles. The zero-order valence-corrected chi connectivity index (χ0v) is 13.6. The second kappa shape index (κ2) is 6.20. The number of piperidine rings is 1. The van der Waals surface area contributed by atoms with Gasteiger partial charge in [-0.2, -0.15) is 0 Å². The molecule has 0 atom stereocenters. The first-order valence-electron chi connectivity index (χ1n) is 8.07. The van der Waals surface area contributed by atoms with Gasteiger partial charge in [0.1, 0.15) is 0 Å². The van der Waals surface area contributed by atoms with Crippen molar-refractivity contribution in [1.29, 1.82) is 0 Å². The molecule has 6 heteroatoms. The molecule has 1 aliphatic rings. The van der Waals surface area contributed by atoms with Gasteiger partial charge >= 0.3 is 5.76 Å². The first-order valence-corrected chi connectivity index (χ1v) is 8.07. The third kappa shape index (κ3) is 3.64. The van der Waals surface area contributed by atoms with Gasteiger partial charge in [0.25, 0.3) is 0 Å². The van der Waals surface area contributed by atoms with Gasteiger partial charge in [-0.25, -0.2) is 4.79 Å². The van der Waals surface area contributed by atoms with Gasteiger partial charge in [-0.15, -0.1) is 0 Å². The summed E-state index contributed by atoms with van der Waals surface area (Å²) in [5, 5.41) is 6.51. The number of amides is 1. The number of carbonyl (C=O) groups excluding carboxylic acids is 1. The Kier molecular flexibility index (Phi) is 4.26. The fourth-order valence-electron chi connectivity index (χ4n) is 3.34. The molecule has 2 heterocycles. The number of rotatable bonds is 4. The zero-order chi connectivity index (χ0) is 16.4. The van der Waals surface area contributed by atoms with Crippen LogP contribution in [0.25, 0.3) is 11.1 Å². The Bertz CT molecular complexity index is 754. The molecule has 3 N–H and O–H groups in total. The van der Waals surface area contributed by atoms with Crippen molar-refractivity contribution in [3.8, 4) is 0 Å². The predicted octanol–water partition coefficient (Wildman–Crippen LogP) is 1.56. The Hall–Kier alpha value is -2.08. The fraction of sp³-hybridized carbons (Fsp3) is 0.529. The van der Waals surface area contributed by atoms with E-state index >= 15 is 0 Å². The monoisotopic (exact) mass is 317 g/mol. The number of nitrogens with one attached hydrogen (secondary N) is 3. The van der Waals surface area contributed by atoms with Crippen LogP contribution in [-0.2, 0) is 11.2 Å². The highest BCUT2D eigenvalue weighted by Crippen LogP contribution is 2.25. The molecule has 0 unspecified atom stereocenters. The van der Waals surface area contributed by atoms with E-state index < -0.39 is 5.76 Å². The van der Waals surface area contributed by atoms with E-state index in [4.69, 9.17) is 4.42 Å². The normalized spacial score (nSPS) is 16.6. The Morgan fingerprint density at radius 1 is 1.35 bits per heavy atom. The first-order chi connectivity index (χ1) is 10.9. The lowest BCUT2D eigenvalue weighted by Crippen LogP contribution is -2.52. The summed E-state index contributed by atoms with van der Waals surface area (Å²) in [5.41, 5.74) is 1.77. The third-order valence-corrected chi connectivity index (χ3v) is 4.67. The second-order valence-corrected chi connectivity index (χ2v) is 6.82. The minimum atomic E-state index is -0.478. The van der Waals surface area contributed by atoms with Crippen LogP contribution >= 0.6 is 0 Å². The van der Waals surface area contributed by atoms with Gasteiger partial charge in [0.2, 0.25) is 5.91 Å². The predicted molar refractivity (Wildman–Crippen MR) is 88.4 cm³/mol. The summed E-state index contributed by atoms with van der Waals surface area (Å²) < 4.78 is 4.97. The summed E-state index contributed by atoms with van der Waals surface area (Å²) in [6.45, 7) is 6.21. The molecular formula is C17H23N3O3. The SMILES string of the molecule is CC(C)(NC(=O)Cc1ccc2oc(=O)[nH]c2c1)C1CCNCC1. The van der Waals surface area contributed by atoms with Gasteiger partial charge < -0.3 is 15.1 Å². The van der Waals surface area contributed by atoms with Crippen molar-refractivity contribution >= 4 is 17.0 Å². The van der Waals surface area contributed by atoms with Gasteiger partial charge in [-0.1, -0.05) is 6.07 Å². The van der Waals surface area contributed by atoms with Gasteiger partial charge in [0, 0.05) is 5.54 Å². The van der Waals surface area contributed by atoms with Crippen LogP contribution < -0.4 is 16.4 Å². The summed E-state index contributed by atoms with van der Waals surface area (Å²) in [4.78, 5) is 26.2. The lowest BCUT2D eigenvalue weighted by Gasteiger charge is -2.38. The second-order valence-electron chi connectivity index (χ2n) is 6.82. The van der Waals surface area contributed by atoms with Crippen molar-refractivity contribution in [2.75, 3.05) is 13.1 Å². The highest BCUT2D eigenvalue weighted by atomic mass is 16.4. The standard InChI is InChI=1S/C17H23N3O3/c1-17(2,12-5-7-18-8-6-12)20-15(21)10-11-3-4-14-13(9-11)19-16(22)23-14/h3-4,9,12,18H,5-8,10H2,1-2H3,(H,19,22)(H,20,21). The average Bonchev–Trinajstić information content (AvgIpc) is 2.87. The van der Waals surface area contributed by atoms with E-state index in [1.54, 1.807) is 12.1 Å². The molecule has 1 aromatic heterocycles. The minimum Gasteiger partial charge on any atom is -0.408 e. The number of carbonyl (C=O) groups is 1. The maximum Gasteiger partial charge on any atom is 0.417 e. The summed E-state index contributed by atoms with van der Waals surface area (Å²) in [7, 11) is 0. The van der Waals surface area contributed by atoms with E-state index in [0.29, 0.717) is 17.0 Å². The summed E-state index contributed by atoms with van der Waals surface area (Å²) in [5.74, 6) is 0.00720. The molecule has 3 rings (SSSR count). The van der Waals surface area contributed by atoms with Crippen LogP contribution in [0.4, 0.5) is 0 Å². The highest BCUT2D eigenvalue weighted by Gasteiger charge is 2.31. The van der Waals surface area contributed by atoms with Gasteiger partial charge in [0.05, 0.1) is 11.9 Å². The number of hydrogen-bond donors (Lipinski definition) is 3.